The Morgan fingerprint density at radius 3 is 2.75 bits per heavy atom. The maximum atomic E-state index is 12.9. The molecule has 0 aliphatic carbocycles. The predicted molar refractivity (Wildman–Crippen MR) is 117 cm³/mol. The highest BCUT2D eigenvalue weighted by Crippen LogP contribution is 2.31. The number of aliphatic imine (C=N–C) groups is 1. The molecule has 0 amide bonds. The number of nitrogens with one attached hydrogen (secondary N) is 1. The van der Waals surface area contributed by atoms with Crippen LogP contribution in [0.3, 0.4) is 0 Å². The highest BCUT2D eigenvalue weighted by atomic mass is 127. The molecule has 1 aromatic carbocycles. The lowest BCUT2D eigenvalue weighted by atomic mass is 9.96. The van der Waals surface area contributed by atoms with Gasteiger partial charge in [0.05, 0.1) is 12.2 Å². The zero-order chi connectivity index (χ0) is 19.9. The van der Waals surface area contributed by atoms with Gasteiger partial charge >= 0.3 is 6.18 Å². The molecule has 4 nitrogen and oxygen atoms in total. The standard InChI is InChI=1S/C20H30F3N3O.HI/c1-4-24-19(26(3)13-16-9-11-27-14-16)25-10-8-15(2)17-6-5-7-18(12-17)20(21,22)23;/h5-7,12,15-16H,4,8-11,13-14H2,1-3H3,(H,24,25);1H. The first-order valence-electron chi connectivity index (χ1n) is 9.55. The molecule has 2 rings (SSSR count). The Labute approximate surface area is 182 Å². The van der Waals surface area contributed by atoms with Crippen molar-refractivity contribution in [2.75, 3.05) is 39.9 Å². The third-order valence-corrected chi connectivity index (χ3v) is 4.86. The maximum Gasteiger partial charge on any atom is 0.416 e. The highest BCUT2D eigenvalue weighted by molar-refractivity contribution is 14.0. The monoisotopic (exact) mass is 513 g/mol. The van der Waals surface area contributed by atoms with E-state index >= 15 is 0 Å². The van der Waals surface area contributed by atoms with Crippen LogP contribution >= 0.6 is 24.0 Å². The number of hydrogen-bond acceptors (Lipinski definition) is 2. The van der Waals surface area contributed by atoms with Crippen LogP contribution < -0.4 is 5.32 Å². The van der Waals surface area contributed by atoms with Gasteiger partial charge in [-0.05, 0) is 37.3 Å². The minimum absolute atomic E-state index is 0. The molecule has 1 saturated heterocycles. The second-order valence-corrected chi connectivity index (χ2v) is 7.16. The van der Waals surface area contributed by atoms with Gasteiger partial charge in [0.1, 0.15) is 0 Å². The van der Waals surface area contributed by atoms with Crippen LogP contribution in [0.5, 0.6) is 0 Å². The fourth-order valence-corrected chi connectivity index (χ4v) is 3.22. The smallest absolute Gasteiger partial charge is 0.381 e. The van der Waals surface area contributed by atoms with E-state index in [1.807, 2.05) is 20.9 Å². The number of guanidine groups is 1. The Morgan fingerprint density at radius 2 is 2.14 bits per heavy atom. The summed E-state index contributed by atoms with van der Waals surface area (Å²) in [5.74, 6) is 1.36. The SMILES string of the molecule is CCNC(=NCCC(C)c1cccc(C(F)(F)F)c1)N(C)CC1CCOC1.I. The molecular formula is C20H31F3IN3O. The number of rotatable bonds is 7. The van der Waals surface area contributed by atoms with E-state index in [2.05, 4.69) is 15.2 Å². The van der Waals surface area contributed by atoms with Crippen molar-refractivity contribution < 1.29 is 17.9 Å². The predicted octanol–water partition coefficient (Wildman–Crippen LogP) is 4.75. The number of benzene rings is 1. The summed E-state index contributed by atoms with van der Waals surface area (Å²) >= 11 is 0. The molecule has 2 atom stereocenters. The van der Waals surface area contributed by atoms with Crippen molar-refractivity contribution in [2.24, 2.45) is 10.9 Å². The molecule has 0 radical (unpaired) electrons. The first-order chi connectivity index (χ1) is 12.8. The summed E-state index contributed by atoms with van der Waals surface area (Å²) in [6.07, 6.45) is -2.55. The van der Waals surface area contributed by atoms with Crippen LogP contribution in [0.25, 0.3) is 0 Å². The number of ether oxygens (including phenoxy) is 1. The van der Waals surface area contributed by atoms with Gasteiger partial charge in [-0.3, -0.25) is 4.99 Å². The van der Waals surface area contributed by atoms with E-state index < -0.39 is 11.7 Å². The van der Waals surface area contributed by atoms with E-state index in [1.54, 1.807) is 6.07 Å². The molecule has 1 N–H and O–H groups in total. The van der Waals surface area contributed by atoms with Crippen molar-refractivity contribution in [1.82, 2.24) is 10.2 Å². The van der Waals surface area contributed by atoms with E-state index in [0.29, 0.717) is 24.4 Å². The molecule has 0 bridgehead atoms. The van der Waals surface area contributed by atoms with Crippen LogP contribution in [0, 0.1) is 5.92 Å². The Balaban J connectivity index is 0.00000392. The summed E-state index contributed by atoms with van der Waals surface area (Å²) in [5.41, 5.74) is 0.101. The lowest BCUT2D eigenvalue weighted by Crippen LogP contribution is -2.41. The average molecular weight is 513 g/mol. The van der Waals surface area contributed by atoms with Crippen molar-refractivity contribution in [1.29, 1.82) is 0 Å². The number of alkyl halides is 3. The fourth-order valence-electron chi connectivity index (χ4n) is 3.22. The van der Waals surface area contributed by atoms with Gasteiger partial charge in [-0.15, -0.1) is 24.0 Å². The van der Waals surface area contributed by atoms with Crippen LogP contribution in [0.15, 0.2) is 29.3 Å². The first kappa shape index (κ1) is 25.0. The fraction of sp³-hybridized carbons (Fsp3) is 0.650. The molecule has 1 fully saturated rings. The Hall–Kier alpha value is -1.03. The molecule has 0 aromatic heterocycles. The van der Waals surface area contributed by atoms with Crippen LogP contribution in [-0.4, -0.2) is 50.8 Å². The van der Waals surface area contributed by atoms with Gasteiger partial charge in [-0.2, -0.15) is 13.2 Å². The summed E-state index contributed by atoms with van der Waals surface area (Å²) in [7, 11) is 2.01. The molecule has 2 unspecified atom stereocenters. The molecule has 0 spiro atoms. The Morgan fingerprint density at radius 1 is 1.39 bits per heavy atom. The Kier molecular flexibility index (Phi) is 10.6. The maximum absolute atomic E-state index is 12.9. The van der Waals surface area contributed by atoms with Crippen molar-refractivity contribution >= 4 is 29.9 Å². The van der Waals surface area contributed by atoms with E-state index in [1.165, 1.54) is 12.1 Å². The number of nitrogens with zero attached hydrogens (tertiary/aromatic N) is 2. The molecular weight excluding hydrogens is 482 g/mol. The van der Waals surface area contributed by atoms with E-state index in [4.69, 9.17) is 4.74 Å². The van der Waals surface area contributed by atoms with E-state index in [0.717, 1.165) is 44.8 Å². The van der Waals surface area contributed by atoms with Crippen LogP contribution in [0.4, 0.5) is 13.2 Å². The second kappa shape index (κ2) is 11.8. The molecule has 1 heterocycles. The van der Waals surface area contributed by atoms with Crippen molar-refractivity contribution in [3.63, 3.8) is 0 Å². The minimum Gasteiger partial charge on any atom is -0.381 e. The van der Waals surface area contributed by atoms with Crippen LogP contribution in [-0.2, 0) is 10.9 Å². The average Bonchev–Trinajstić information content (AvgIpc) is 3.13. The van der Waals surface area contributed by atoms with Gasteiger partial charge in [0, 0.05) is 39.2 Å². The molecule has 28 heavy (non-hydrogen) atoms. The summed E-state index contributed by atoms with van der Waals surface area (Å²) in [4.78, 5) is 6.77. The molecule has 160 valence electrons. The first-order valence-corrected chi connectivity index (χ1v) is 9.55. The Bertz CT molecular complexity index is 619. The number of hydrogen-bond donors (Lipinski definition) is 1. The van der Waals surface area contributed by atoms with Crippen molar-refractivity contribution in [3.05, 3.63) is 35.4 Å². The molecule has 1 aliphatic rings. The van der Waals surface area contributed by atoms with E-state index in [9.17, 15) is 13.2 Å². The van der Waals surface area contributed by atoms with Gasteiger partial charge in [0.25, 0.3) is 0 Å². The molecule has 1 aromatic rings. The summed E-state index contributed by atoms with van der Waals surface area (Å²) in [6.45, 7) is 7.79. The van der Waals surface area contributed by atoms with Gasteiger partial charge in [-0.25, -0.2) is 0 Å². The van der Waals surface area contributed by atoms with Gasteiger partial charge in [0.2, 0.25) is 0 Å². The number of halogens is 4. The third-order valence-electron chi connectivity index (χ3n) is 4.86. The van der Waals surface area contributed by atoms with Crippen LogP contribution in [0.1, 0.15) is 43.7 Å². The van der Waals surface area contributed by atoms with Crippen LogP contribution in [0.2, 0.25) is 0 Å². The summed E-state index contributed by atoms with van der Waals surface area (Å²) in [6, 6.07) is 5.58. The van der Waals surface area contributed by atoms with Gasteiger partial charge in [-0.1, -0.05) is 25.1 Å². The van der Waals surface area contributed by atoms with Crippen molar-refractivity contribution in [2.45, 2.75) is 38.8 Å². The lowest BCUT2D eigenvalue weighted by molar-refractivity contribution is -0.137. The highest BCUT2D eigenvalue weighted by Gasteiger charge is 2.30. The normalized spacial score (nSPS) is 18.5. The molecule has 0 saturated carbocycles. The van der Waals surface area contributed by atoms with Gasteiger partial charge in [0.15, 0.2) is 5.96 Å². The second-order valence-electron chi connectivity index (χ2n) is 7.16. The zero-order valence-electron chi connectivity index (χ0n) is 16.8. The topological polar surface area (TPSA) is 36.9 Å². The zero-order valence-corrected chi connectivity index (χ0v) is 19.1. The quantitative estimate of drug-likeness (QED) is 0.325. The largest absolute Gasteiger partial charge is 0.416 e. The summed E-state index contributed by atoms with van der Waals surface area (Å²) < 4.78 is 44.1. The summed E-state index contributed by atoms with van der Waals surface area (Å²) in [5, 5.41) is 3.29. The molecule has 1 aliphatic heterocycles. The van der Waals surface area contributed by atoms with Crippen molar-refractivity contribution in [3.8, 4) is 0 Å². The van der Waals surface area contributed by atoms with Gasteiger partial charge < -0.3 is 15.0 Å². The molecule has 8 heteroatoms. The third kappa shape index (κ3) is 7.77. The minimum atomic E-state index is -4.31. The lowest BCUT2D eigenvalue weighted by Gasteiger charge is -2.24. The van der Waals surface area contributed by atoms with E-state index in [-0.39, 0.29) is 29.9 Å².